The van der Waals surface area contributed by atoms with Crippen LogP contribution in [0.3, 0.4) is 0 Å². The lowest BCUT2D eigenvalue weighted by Crippen LogP contribution is -2.22. The normalized spacial score (nSPS) is 15.4. The van der Waals surface area contributed by atoms with E-state index in [1.54, 1.807) is 4.68 Å². The molecule has 0 spiro atoms. The molecular weight excluding hydrogens is 178 g/mol. The van der Waals surface area contributed by atoms with Crippen molar-refractivity contribution < 1.29 is 5.11 Å². The minimum Gasteiger partial charge on any atom is -0.392 e. The predicted octanol–water partition coefficient (Wildman–Crippen LogP) is 1.15. The molecule has 4 nitrogen and oxygen atoms in total. The summed E-state index contributed by atoms with van der Waals surface area (Å²) in [5.41, 5.74) is 0. The van der Waals surface area contributed by atoms with Gasteiger partial charge in [-0.15, -0.1) is 0 Å². The van der Waals surface area contributed by atoms with Gasteiger partial charge in [0, 0.05) is 13.5 Å². The van der Waals surface area contributed by atoms with E-state index in [0.717, 1.165) is 18.7 Å². The van der Waals surface area contributed by atoms with Gasteiger partial charge >= 0.3 is 0 Å². The van der Waals surface area contributed by atoms with Gasteiger partial charge in [-0.1, -0.05) is 20.3 Å². The molecule has 1 rings (SSSR count). The maximum absolute atomic E-state index is 9.86. The first-order valence-electron chi connectivity index (χ1n) is 5.16. The van der Waals surface area contributed by atoms with Crippen LogP contribution in [0.1, 0.15) is 32.5 Å². The largest absolute Gasteiger partial charge is 0.392 e. The summed E-state index contributed by atoms with van der Waals surface area (Å²) in [6.45, 7) is 4.20. The Morgan fingerprint density at radius 3 is 2.79 bits per heavy atom. The standard InChI is InChI=1S/C10H19N3O/c1-4-5-8(2)9(14)6-10-11-7-12-13(10)3/h7-9,14H,4-6H2,1-3H3. The molecule has 80 valence electrons. The van der Waals surface area contributed by atoms with E-state index in [0.29, 0.717) is 12.3 Å². The molecular formula is C10H19N3O. The minimum absolute atomic E-state index is 0.308. The lowest BCUT2D eigenvalue weighted by Gasteiger charge is -2.17. The van der Waals surface area contributed by atoms with Gasteiger partial charge in [-0.2, -0.15) is 5.10 Å². The van der Waals surface area contributed by atoms with Crippen LogP contribution in [0.4, 0.5) is 0 Å². The fourth-order valence-corrected chi connectivity index (χ4v) is 1.54. The molecule has 1 aromatic heterocycles. The SMILES string of the molecule is CCCC(C)C(O)Cc1ncnn1C. The van der Waals surface area contributed by atoms with E-state index in [1.807, 2.05) is 7.05 Å². The van der Waals surface area contributed by atoms with Gasteiger partial charge in [0.05, 0.1) is 6.10 Å². The van der Waals surface area contributed by atoms with Gasteiger partial charge in [-0.05, 0) is 12.3 Å². The van der Waals surface area contributed by atoms with Crippen LogP contribution in [0, 0.1) is 5.92 Å². The average molecular weight is 197 g/mol. The van der Waals surface area contributed by atoms with Crippen molar-refractivity contribution in [2.24, 2.45) is 13.0 Å². The highest BCUT2D eigenvalue weighted by atomic mass is 16.3. The fraction of sp³-hybridized carbons (Fsp3) is 0.800. The zero-order valence-corrected chi connectivity index (χ0v) is 9.14. The highest BCUT2D eigenvalue weighted by Gasteiger charge is 2.16. The summed E-state index contributed by atoms with van der Waals surface area (Å²) >= 11 is 0. The molecule has 0 aliphatic rings. The van der Waals surface area contributed by atoms with Crippen LogP contribution in [0.5, 0.6) is 0 Å². The van der Waals surface area contributed by atoms with Crippen LogP contribution in [-0.4, -0.2) is 26.0 Å². The van der Waals surface area contributed by atoms with E-state index in [1.165, 1.54) is 6.33 Å². The Morgan fingerprint density at radius 1 is 1.57 bits per heavy atom. The molecule has 4 heteroatoms. The van der Waals surface area contributed by atoms with Gasteiger partial charge in [0.15, 0.2) is 0 Å². The number of hydrogen-bond donors (Lipinski definition) is 1. The molecule has 1 heterocycles. The molecule has 0 aliphatic carbocycles. The minimum atomic E-state index is -0.308. The van der Waals surface area contributed by atoms with Gasteiger partial charge in [0.1, 0.15) is 12.2 Å². The van der Waals surface area contributed by atoms with Crippen molar-refractivity contribution in [3.8, 4) is 0 Å². The van der Waals surface area contributed by atoms with Crippen LogP contribution >= 0.6 is 0 Å². The Hall–Kier alpha value is -0.900. The number of aryl methyl sites for hydroxylation is 1. The Balaban J connectivity index is 2.48. The maximum atomic E-state index is 9.86. The third kappa shape index (κ3) is 2.80. The topological polar surface area (TPSA) is 50.9 Å². The lowest BCUT2D eigenvalue weighted by molar-refractivity contribution is 0.108. The third-order valence-electron chi connectivity index (χ3n) is 2.60. The second-order valence-corrected chi connectivity index (χ2v) is 3.84. The van der Waals surface area contributed by atoms with Gasteiger partial charge in [-0.3, -0.25) is 4.68 Å². The summed E-state index contributed by atoms with van der Waals surface area (Å²) in [6.07, 6.45) is 3.97. The number of nitrogens with zero attached hydrogens (tertiary/aromatic N) is 3. The molecule has 0 bridgehead atoms. The molecule has 14 heavy (non-hydrogen) atoms. The highest BCUT2D eigenvalue weighted by Crippen LogP contribution is 2.13. The molecule has 0 saturated heterocycles. The first-order chi connectivity index (χ1) is 6.65. The van der Waals surface area contributed by atoms with Crippen LogP contribution in [0.25, 0.3) is 0 Å². The molecule has 0 amide bonds. The number of aliphatic hydroxyl groups is 1. The highest BCUT2D eigenvalue weighted by molar-refractivity contribution is 4.87. The summed E-state index contributed by atoms with van der Waals surface area (Å²) in [5.74, 6) is 1.18. The molecule has 2 unspecified atom stereocenters. The second-order valence-electron chi connectivity index (χ2n) is 3.84. The third-order valence-corrected chi connectivity index (χ3v) is 2.60. The van der Waals surface area contributed by atoms with E-state index in [4.69, 9.17) is 0 Å². The summed E-state index contributed by atoms with van der Waals surface area (Å²) in [4.78, 5) is 4.09. The number of aromatic nitrogens is 3. The summed E-state index contributed by atoms with van der Waals surface area (Å²) < 4.78 is 1.71. The van der Waals surface area contributed by atoms with Gasteiger partial charge in [-0.25, -0.2) is 4.98 Å². The molecule has 1 aromatic rings. The van der Waals surface area contributed by atoms with Crippen LogP contribution in [0.15, 0.2) is 6.33 Å². The lowest BCUT2D eigenvalue weighted by atomic mass is 9.97. The fourth-order valence-electron chi connectivity index (χ4n) is 1.54. The first-order valence-corrected chi connectivity index (χ1v) is 5.16. The molecule has 0 saturated carbocycles. The Kier molecular flexibility index (Phi) is 4.07. The molecule has 0 aromatic carbocycles. The van der Waals surface area contributed by atoms with Crippen molar-refractivity contribution in [1.29, 1.82) is 0 Å². The Bertz CT molecular complexity index is 272. The van der Waals surface area contributed by atoms with Crippen molar-refractivity contribution in [3.05, 3.63) is 12.2 Å². The zero-order valence-electron chi connectivity index (χ0n) is 9.14. The smallest absolute Gasteiger partial charge is 0.138 e. The van der Waals surface area contributed by atoms with Crippen molar-refractivity contribution in [2.45, 2.75) is 39.2 Å². The van der Waals surface area contributed by atoms with Crippen molar-refractivity contribution in [3.63, 3.8) is 0 Å². The summed E-state index contributed by atoms with van der Waals surface area (Å²) in [6, 6.07) is 0. The monoisotopic (exact) mass is 197 g/mol. The molecule has 2 atom stereocenters. The van der Waals surface area contributed by atoms with Gasteiger partial charge in [0.25, 0.3) is 0 Å². The zero-order chi connectivity index (χ0) is 10.6. The first kappa shape index (κ1) is 11.2. The van der Waals surface area contributed by atoms with E-state index in [9.17, 15) is 5.11 Å². The Labute approximate surface area is 85.0 Å². The Morgan fingerprint density at radius 2 is 2.29 bits per heavy atom. The molecule has 1 N–H and O–H groups in total. The van der Waals surface area contributed by atoms with Crippen molar-refractivity contribution >= 4 is 0 Å². The van der Waals surface area contributed by atoms with Crippen molar-refractivity contribution in [1.82, 2.24) is 14.8 Å². The van der Waals surface area contributed by atoms with E-state index < -0.39 is 0 Å². The van der Waals surface area contributed by atoms with Crippen LogP contribution in [0.2, 0.25) is 0 Å². The van der Waals surface area contributed by atoms with E-state index in [2.05, 4.69) is 23.9 Å². The predicted molar refractivity (Wildman–Crippen MR) is 54.8 cm³/mol. The quantitative estimate of drug-likeness (QED) is 0.770. The number of aliphatic hydroxyl groups excluding tert-OH is 1. The van der Waals surface area contributed by atoms with Crippen LogP contribution < -0.4 is 0 Å². The maximum Gasteiger partial charge on any atom is 0.138 e. The van der Waals surface area contributed by atoms with E-state index in [-0.39, 0.29) is 6.10 Å². The van der Waals surface area contributed by atoms with Crippen LogP contribution in [-0.2, 0) is 13.5 Å². The van der Waals surface area contributed by atoms with Gasteiger partial charge < -0.3 is 5.11 Å². The number of hydrogen-bond acceptors (Lipinski definition) is 3. The van der Waals surface area contributed by atoms with Crippen molar-refractivity contribution in [2.75, 3.05) is 0 Å². The van der Waals surface area contributed by atoms with Gasteiger partial charge in [0.2, 0.25) is 0 Å². The van der Waals surface area contributed by atoms with E-state index >= 15 is 0 Å². The molecule has 0 aliphatic heterocycles. The summed E-state index contributed by atoms with van der Waals surface area (Å²) in [5, 5.41) is 13.8. The second kappa shape index (κ2) is 5.10. The molecule has 0 radical (unpaired) electrons. The number of rotatable bonds is 5. The summed E-state index contributed by atoms with van der Waals surface area (Å²) in [7, 11) is 1.85. The average Bonchev–Trinajstić information content (AvgIpc) is 2.52. The molecule has 0 fully saturated rings.